The van der Waals surface area contributed by atoms with Gasteiger partial charge in [-0.1, -0.05) is 126 Å². The third-order valence-electron chi connectivity index (χ3n) is 9.81. The molecule has 7 nitrogen and oxygen atoms in total. The summed E-state index contributed by atoms with van der Waals surface area (Å²) in [6.45, 7) is 16.5. The molecule has 1 aliphatic rings. The number of carbonyl (C=O) groups is 2. The minimum atomic E-state index is -2.80. The lowest BCUT2D eigenvalue weighted by Gasteiger charge is -2.45. The molecule has 50 heavy (non-hydrogen) atoms. The van der Waals surface area contributed by atoms with E-state index in [-0.39, 0.29) is 47.1 Å². The second-order valence-electron chi connectivity index (χ2n) is 14.5. The van der Waals surface area contributed by atoms with E-state index in [1.807, 2.05) is 13.8 Å². The summed E-state index contributed by atoms with van der Waals surface area (Å²) in [6.07, 6.45) is 11.7. The molecule has 0 aromatic heterocycles. The molecule has 0 radical (unpaired) electrons. The van der Waals surface area contributed by atoms with Crippen LogP contribution in [0.2, 0.25) is 5.04 Å². The molecule has 0 N–H and O–H groups in total. The second kappa shape index (κ2) is 21.6. The fraction of sp³-hybridized carbons (Fsp3) is 0.619. The third-order valence-corrected chi connectivity index (χ3v) is 14.9. The fourth-order valence-electron chi connectivity index (χ4n) is 7.50. The van der Waals surface area contributed by atoms with Gasteiger partial charge in [0.15, 0.2) is 0 Å². The van der Waals surface area contributed by atoms with Crippen LogP contribution in [0.3, 0.4) is 0 Å². The number of carbonyl (C=O) groups excluding carboxylic acids is 2. The molecule has 2 aromatic rings. The van der Waals surface area contributed by atoms with Crippen LogP contribution in [0.25, 0.3) is 0 Å². The van der Waals surface area contributed by atoms with Crippen molar-refractivity contribution in [3.63, 3.8) is 0 Å². The molecule has 0 aliphatic heterocycles. The molecular weight excluding hydrogens is 645 g/mol. The predicted molar refractivity (Wildman–Crippen MR) is 204 cm³/mol. The molecule has 0 amide bonds. The zero-order valence-electron chi connectivity index (χ0n) is 31.9. The molecule has 278 valence electrons. The highest BCUT2D eigenvalue weighted by atomic mass is 28.4. The zero-order chi connectivity index (χ0) is 36.4. The summed E-state index contributed by atoms with van der Waals surface area (Å²) in [5, 5.41) is 2.38. The molecule has 0 spiro atoms. The summed E-state index contributed by atoms with van der Waals surface area (Å²) in [4.78, 5) is 24.4. The van der Waals surface area contributed by atoms with E-state index in [1.54, 1.807) is 0 Å². The number of ether oxygens (including phenoxy) is 4. The predicted octanol–water partition coefficient (Wildman–Crippen LogP) is 8.18. The van der Waals surface area contributed by atoms with E-state index < -0.39 is 8.32 Å². The summed E-state index contributed by atoms with van der Waals surface area (Å²) in [6, 6.07) is 21.6. The highest BCUT2D eigenvalue weighted by Crippen LogP contribution is 2.42. The van der Waals surface area contributed by atoms with Crippen LogP contribution < -0.4 is 10.4 Å². The summed E-state index contributed by atoms with van der Waals surface area (Å²) in [5.74, 6) is -0.380. The number of esters is 2. The van der Waals surface area contributed by atoms with Gasteiger partial charge in [-0.15, -0.1) is 0 Å². The number of benzene rings is 2. The minimum absolute atomic E-state index is 0.0139. The van der Waals surface area contributed by atoms with Gasteiger partial charge in [-0.3, -0.25) is 9.59 Å². The van der Waals surface area contributed by atoms with Crippen molar-refractivity contribution in [3.05, 3.63) is 72.8 Å². The summed E-state index contributed by atoms with van der Waals surface area (Å²) in [5.41, 5.74) is 0. The summed E-state index contributed by atoms with van der Waals surface area (Å²) in [7, 11) is -2.80. The van der Waals surface area contributed by atoms with Crippen molar-refractivity contribution in [3.8, 4) is 0 Å². The topological polar surface area (TPSA) is 80.3 Å². The zero-order valence-corrected chi connectivity index (χ0v) is 32.9. The molecule has 0 bridgehead atoms. The molecule has 3 rings (SSSR count). The van der Waals surface area contributed by atoms with Crippen molar-refractivity contribution in [2.45, 2.75) is 130 Å². The van der Waals surface area contributed by atoms with E-state index in [4.69, 9.17) is 23.4 Å². The molecule has 0 unspecified atom stereocenters. The quantitative estimate of drug-likeness (QED) is 0.0528. The van der Waals surface area contributed by atoms with E-state index in [0.717, 1.165) is 44.9 Å². The van der Waals surface area contributed by atoms with Gasteiger partial charge in [0.05, 0.1) is 32.0 Å². The number of rotatable bonds is 22. The van der Waals surface area contributed by atoms with E-state index in [2.05, 4.69) is 101 Å². The molecule has 1 saturated carbocycles. The number of hydrogen-bond acceptors (Lipinski definition) is 7. The Kier molecular flexibility index (Phi) is 17.9. The maximum atomic E-state index is 12.3. The van der Waals surface area contributed by atoms with Gasteiger partial charge in [0.2, 0.25) is 0 Å². The van der Waals surface area contributed by atoms with Crippen LogP contribution in [-0.2, 0) is 33.0 Å². The SMILES string of the molecule is CCCCC[C@H](/C=C/[C@@H]1[C@@H](CCCCC(=O)OCC)[C@@H](OC(C)=O)C[C@H]1OCCOCC)O[Si](c1ccccc1)(c1ccccc1)C(C)(C)C. The lowest BCUT2D eigenvalue weighted by Crippen LogP contribution is -2.67. The Labute approximate surface area is 303 Å². The van der Waals surface area contributed by atoms with Crippen molar-refractivity contribution in [2.75, 3.05) is 26.4 Å². The summed E-state index contributed by atoms with van der Waals surface area (Å²) < 4.78 is 30.9. The fourth-order valence-corrected chi connectivity index (χ4v) is 12.2. The van der Waals surface area contributed by atoms with Gasteiger partial charge in [-0.25, -0.2) is 0 Å². The average Bonchev–Trinajstić information content (AvgIpc) is 3.41. The summed E-state index contributed by atoms with van der Waals surface area (Å²) >= 11 is 0. The van der Waals surface area contributed by atoms with E-state index in [1.165, 1.54) is 17.3 Å². The Morgan fingerprint density at radius 3 is 2.08 bits per heavy atom. The van der Waals surface area contributed by atoms with E-state index in [0.29, 0.717) is 39.3 Å². The normalized spacial score (nSPS) is 20.2. The molecular formula is C42H64O7Si. The lowest BCUT2D eigenvalue weighted by atomic mass is 9.87. The van der Waals surface area contributed by atoms with Crippen molar-refractivity contribution in [2.24, 2.45) is 11.8 Å². The van der Waals surface area contributed by atoms with Gasteiger partial charge in [0.25, 0.3) is 8.32 Å². The van der Waals surface area contributed by atoms with Crippen LogP contribution in [0, 0.1) is 11.8 Å². The first-order valence-corrected chi connectivity index (χ1v) is 21.0. The molecule has 0 saturated heterocycles. The molecule has 1 fully saturated rings. The first-order chi connectivity index (χ1) is 24.1. The van der Waals surface area contributed by atoms with Gasteiger partial charge in [-0.05, 0) is 48.5 Å². The Hall–Kier alpha value is -2.78. The van der Waals surface area contributed by atoms with Gasteiger partial charge < -0.3 is 23.4 Å². The Morgan fingerprint density at radius 2 is 1.52 bits per heavy atom. The monoisotopic (exact) mass is 708 g/mol. The van der Waals surface area contributed by atoms with Crippen LogP contribution >= 0.6 is 0 Å². The molecule has 5 atom stereocenters. The Balaban J connectivity index is 2.03. The third kappa shape index (κ3) is 12.2. The largest absolute Gasteiger partial charge is 0.466 e. The van der Waals surface area contributed by atoms with Gasteiger partial charge in [0, 0.05) is 38.2 Å². The first kappa shape index (κ1) is 41.6. The van der Waals surface area contributed by atoms with Gasteiger partial charge in [-0.2, -0.15) is 0 Å². The van der Waals surface area contributed by atoms with E-state index in [9.17, 15) is 9.59 Å². The van der Waals surface area contributed by atoms with Crippen molar-refractivity contribution >= 4 is 30.6 Å². The van der Waals surface area contributed by atoms with Crippen LogP contribution in [-0.4, -0.2) is 65.0 Å². The molecule has 1 aliphatic carbocycles. The van der Waals surface area contributed by atoms with Crippen molar-refractivity contribution in [1.82, 2.24) is 0 Å². The molecule has 0 heterocycles. The van der Waals surface area contributed by atoms with Gasteiger partial charge >= 0.3 is 11.9 Å². The average molecular weight is 709 g/mol. The van der Waals surface area contributed by atoms with E-state index >= 15 is 0 Å². The van der Waals surface area contributed by atoms with Gasteiger partial charge in [0.1, 0.15) is 6.10 Å². The Morgan fingerprint density at radius 1 is 0.860 bits per heavy atom. The second-order valence-corrected chi connectivity index (χ2v) is 18.7. The number of unbranched alkanes of at least 4 members (excludes halogenated alkanes) is 3. The van der Waals surface area contributed by atoms with Crippen LogP contribution in [0.1, 0.15) is 106 Å². The van der Waals surface area contributed by atoms with Crippen LogP contribution in [0.15, 0.2) is 72.8 Å². The smallest absolute Gasteiger partial charge is 0.305 e. The number of hydrogen-bond donors (Lipinski definition) is 0. The van der Waals surface area contributed by atoms with Crippen LogP contribution in [0.4, 0.5) is 0 Å². The minimum Gasteiger partial charge on any atom is -0.466 e. The lowest BCUT2D eigenvalue weighted by molar-refractivity contribution is -0.148. The highest BCUT2D eigenvalue weighted by Gasteiger charge is 2.51. The molecule has 8 heteroatoms. The maximum Gasteiger partial charge on any atom is 0.305 e. The first-order valence-electron chi connectivity index (χ1n) is 19.1. The standard InChI is InChI=1S/C42H64O7Si/c1-8-11-14-21-34(49-50(42(5,6)7,35-22-15-12-16-23-35)36-24-17-13-18-25-36)28-29-38-37(26-19-20-27-41(44)46-10-3)40(48-33(4)43)32-39(38)47-31-30-45-9-2/h12-13,15-18,22-25,28-29,34,37-40H,8-11,14,19-21,26-27,30-32H2,1-7H3/b29-28+/t34-,37-,38-,39-,40+/m1/s1. The molecule has 2 aromatic carbocycles. The van der Waals surface area contributed by atoms with Crippen molar-refractivity contribution < 1.29 is 33.0 Å². The highest BCUT2D eigenvalue weighted by molar-refractivity contribution is 6.99. The Bertz CT molecular complexity index is 1240. The van der Waals surface area contributed by atoms with Crippen molar-refractivity contribution in [1.29, 1.82) is 0 Å². The maximum absolute atomic E-state index is 12.3. The van der Waals surface area contributed by atoms with Crippen LogP contribution in [0.5, 0.6) is 0 Å².